The SMILES string of the molecule is NPNCCc1ccccc1. The van der Waals surface area contributed by atoms with Crippen molar-refractivity contribution in [2.45, 2.75) is 6.42 Å². The molecule has 0 spiro atoms. The Morgan fingerprint density at radius 2 is 2.00 bits per heavy atom. The van der Waals surface area contributed by atoms with Gasteiger partial charge in [-0.2, -0.15) is 0 Å². The second-order valence-electron chi connectivity index (χ2n) is 2.31. The molecule has 1 aromatic carbocycles. The van der Waals surface area contributed by atoms with Crippen LogP contribution in [-0.2, 0) is 6.42 Å². The number of rotatable bonds is 4. The van der Waals surface area contributed by atoms with E-state index in [2.05, 4.69) is 29.4 Å². The predicted molar refractivity (Wildman–Crippen MR) is 50.7 cm³/mol. The van der Waals surface area contributed by atoms with E-state index in [4.69, 9.17) is 5.50 Å². The molecule has 0 fully saturated rings. The summed E-state index contributed by atoms with van der Waals surface area (Å²) in [5, 5.41) is 3.10. The molecular formula is C8H13N2P. The minimum Gasteiger partial charge on any atom is -0.300 e. The first kappa shape index (κ1) is 8.66. The topological polar surface area (TPSA) is 38.0 Å². The van der Waals surface area contributed by atoms with Gasteiger partial charge < -0.3 is 5.50 Å². The second kappa shape index (κ2) is 5.25. The van der Waals surface area contributed by atoms with Crippen LogP contribution in [0, 0.1) is 0 Å². The predicted octanol–water partition coefficient (Wildman–Crippen LogP) is 1.29. The summed E-state index contributed by atoms with van der Waals surface area (Å²) in [7, 11) is 0.359. The quantitative estimate of drug-likeness (QED) is 0.525. The first-order chi connectivity index (χ1) is 5.43. The molecule has 11 heavy (non-hydrogen) atoms. The third-order valence-corrected chi connectivity index (χ3v) is 1.94. The smallest absolute Gasteiger partial charge is 0.0155 e. The summed E-state index contributed by atoms with van der Waals surface area (Å²) in [6, 6.07) is 10.4. The molecule has 1 rings (SSSR count). The van der Waals surface area contributed by atoms with Crippen molar-refractivity contribution in [3.8, 4) is 0 Å². The molecule has 3 heteroatoms. The van der Waals surface area contributed by atoms with E-state index in [1.807, 2.05) is 6.07 Å². The normalized spacial score (nSPS) is 11.0. The molecule has 0 saturated carbocycles. The van der Waals surface area contributed by atoms with Crippen LogP contribution in [0.25, 0.3) is 0 Å². The Balaban J connectivity index is 2.28. The van der Waals surface area contributed by atoms with E-state index < -0.39 is 0 Å². The van der Waals surface area contributed by atoms with Crippen molar-refractivity contribution in [2.75, 3.05) is 6.54 Å². The summed E-state index contributed by atoms with van der Waals surface area (Å²) in [6.45, 7) is 0.971. The molecule has 1 atom stereocenters. The molecule has 0 heterocycles. The van der Waals surface area contributed by atoms with Gasteiger partial charge in [-0.05, 0) is 12.0 Å². The molecule has 0 radical (unpaired) electrons. The number of hydrogen-bond donors (Lipinski definition) is 2. The van der Waals surface area contributed by atoms with Crippen molar-refractivity contribution in [2.24, 2.45) is 5.50 Å². The number of hydrogen-bond acceptors (Lipinski definition) is 2. The minimum atomic E-state index is 0.359. The maximum absolute atomic E-state index is 5.31. The molecule has 2 nitrogen and oxygen atoms in total. The highest BCUT2D eigenvalue weighted by molar-refractivity contribution is 7.32. The molecule has 1 unspecified atom stereocenters. The fourth-order valence-electron chi connectivity index (χ4n) is 0.924. The van der Waals surface area contributed by atoms with Gasteiger partial charge in [0.1, 0.15) is 0 Å². The highest BCUT2D eigenvalue weighted by atomic mass is 31.1. The van der Waals surface area contributed by atoms with Gasteiger partial charge in [-0.3, -0.25) is 5.09 Å². The lowest BCUT2D eigenvalue weighted by Gasteiger charge is -2.00. The van der Waals surface area contributed by atoms with Crippen molar-refractivity contribution in [1.29, 1.82) is 0 Å². The largest absolute Gasteiger partial charge is 0.300 e. The first-order valence-electron chi connectivity index (χ1n) is 3.66. The van der Waals surface area contributed by atoms with Crippen LogP contribution in [0.15, 0.2) is 30.3 Å². The van der Waals surface area contributed by atoms with Crippen molar-refractivity contribution in [1.82, 2.24) is 5.09 Å². The van der Waals surface area contributed by atoms with Gasteiger partial charge in [0.05, 0.1) is 0 Å². The van der Waals surface area contributed by atoms with Crippen molar-refractivity contribution < 1.29 is 0 Å². The Kier molecular flexibility index (Phi) is 4.14. The Labute approximate surface area is 69.1 Å². The zero-order valence-electron chi connectivity index (χ0n) is 6.38. The van der Waals surface area contributed by atoms with Crippen molar-refractivity contribution in [3.63, 3.8) is 0 Å². The Bertz CT molecular complexity index is 189. The van der Waals surface area contributed by atoms with E-state index in [9.17, 15) is 0 Å². The van der Waals surface area contributed by atoms with Crippen LogP contribution < -0.4 is 10.6 Å². The Morgan fingerprint density at radius 1 is 1.27 bits per heavy atom. The standard InChI is InChI=1S/C8H13N2P/c9-11-10-7-6-8-4-2-1-3-5-8/h1-5,10-11H,6-7,9H2. The van der Waals surface area contributed by atoms with E-state index >= 15 is 0 Å². The van der Waals surface area contributed by atoms with E-state index in [-0.39, 0.29) is 0 Å². The monoisotopic (exact) mass is 168 g/mol. The second-order valence-corrected chi connectivity index (χ2v) is 2.95. The number of nitrogens with two attached hydrogens (primary N) is 1. The van der Waals surface area contributed by atoms with Crippen LogP contribution in [0.3, 0.4) is 0 Å². The number of benzene rings is 1. The van der Waals surface area contributed by atoms with E-state index in [1.165, 1.54) is 5.56 Å². The van der Waals surface area contributed by atoms with Crippen LogP contribution >= 0.6 is 8.88 Å². The van der Waals surface area contributed by atoms with Gasteiger partial charge in [-0.1, -0.05) is 30.3 Å². The van der Waals surface area contributed by atoms with Crippen LogP contribution in [0.1, 0.15) is 5.56 Å². The molecule has 0 amide bonds. The van der Waals surface area contributed by atoms with Crippen LogP contribution in [-0.4, -0.2) is 6.54 Å². The third kappa shape index (κ3) is 3.47. The van der Waals surface area contributed by atoms with Crippen LogP contribution in [0.2, 0.25) is 0 Å². The maximum atomic E-state index is 5.31. The Hall–Kier alpha value is -0.430. The molecule has 0 saturated heterocycles. The summed E-state index contributed by atoms with van der Waals surface area (Å²) in [6.07, 6.45) is 1.06. The van der Waals surface area contributed by atoms with Gasteiger partial charge in [-0.15, -0.1) is 0 Å². The van der Waals surface area contributed by atoms with E-state index in [1.54, 1.807) is 0 Å². The highest BCUT2D eigenvalue weighted by Gasteiger charge is 1.88. The van der Waals surface area contributed by atoms with Gasteiger partial charge in [0.2, 0.25) is 0 Å². The molecule has 0 aliphatic carbocycles. The summed E-state index contributed by atoms with van der Waals surface area (Å²) >= 11 is 0. The maximum Gasteiger partial charge on any atom is 0.0155 e. The Morgan fingerprint density at radius 3 is 2.64 bits per heavy atom. The lowest BCUT2D eigenvalue weighted by Crippen LogP contribution is -2.08. The average Bonchev–Trinajstić information content (AvgIpc) is 2.07. The summed E-state index contributed by atoms with van der Waals surface area (Å²) in [5.41, 5.74) is 6.67. The van der Waals surface area contributed by atoms with Crippen molar-refractivity contribution in [3.05, 3.63) is 35.9 Å². The third-order valence-electron chi connectivity index (χ3n) is 1.48. The zero-order valence-corrected chi connectivity index (χ0v) is 7.38. The lowest BCUT2D eigenvalue weighted by atomic mass is 10.2. The van der Waals surface area contributed by atoms with Gasteiger partial charge in [0.15, 0.2) is 0 Å². The highest BCUT2D eigenvalue weighted by Crippen LogP contribution is 1.99. The van der Waals surface area contributed by atoms with Gasteiger partial charge in [0, 0.05) is 15.4 Å². The van der Waals surface area contributed by atoms with Gasteiger partial charge in [-0.25, -0.2) is 0 Å². The molecule has 0 bridgehead atoms. The lowest BCUT2D eigenvalue weighted by molar-refractivity contribution is 0.903. The van der Waals surface area contributed by atoms with Gasteiger partial charge in [0.25, 0.3) is 0 Å². The van der Waals surface area contributed by atoms with E-state index in [0.29, 0.717) is 8.88 Å². The molecule has 60 valence electrons. The number of nitrogens with one attached hydrogen (secondary N) is 1. The average molecular weight is 168 g/mol. The molecular weight excluding hydrogens is 155 g/mol. The van der Waals surface area contributed by atoms with Crippen LogP contribution in [0.4, 0.5) is 0 Å². The fourth-order valence-corrected chi connectivity index (χ4v) is 1.19. The summed E-state index contributed by atoms with van der Waals surface area (Å²) in [4.78, 5) is 0. The van der Waals surface area contributed by atoms with Crippen LogP contribution in [0.5, 0.6) is 0 Å². The summed E-state index contributed by atoms with van der Waals surface area (Å²) < 4.78 is 0. The molecule has 3 N–H and O–H groups in total. The molecule has 0 aliphatic heterocycles. The van der Waals surface area contributed by atoms with Crippen molar-refractivity contribution >= 4 is 8.88 Å². The first-order valence-corrected chi connectivity index (χ1v) is 4.73. The molecule has 0 aliphatic rings. The molecule has 1 aromatic rings. The summed E-state index contributed by atoms with van der Waals surface area (Å²) in [5.74, 6) is 0. The van der Waals surface area contributed by atoms with Gasteiger partial charge >= 0.3 is 0 Å². The zero-order chi connectivity index (χ0) is 7.94. The molecule has 0 aromatic heterocycles. The van der Waals surface area contributed by atoms with E-state index in [0.717, 1.165) is 13.0 Å². The minimum absolute atomic E-state index is 0.359. The fraction of sp³-hybridized carbons (Fsp3) is 0.250.